The fourth-order valence-corrected chi connectivity index (χ4v) is 3.40. The number of ether oxygens (including phenoxy) is 1. The Balaban J connectivity index is 2.34. The predicted octanol–water partition coefficient (Wildman–Crippen LogP) is 4.30. The molecule has 1 heterocycles. The Morgan fingerprint density at radius 3 is 2.47 bits per heavy atom. The molecule has 5 heteroatoms. The lowest BCUT2D eigenvalue weighted by molar-refractivity contribution is 0.0488. The van der Waals surface area contributed by atoms with Crippen molar-refractivity contribution in [1.29, 1.82) is 0 Å². The van der Waals surface area contributed by atoms with Gasteiger partial charge >= 0.3 is 0 Å². The molecular formula is C14H18BrClFNO. The van der Waals surface area contributed by atoms with E-state index in [0.717, 1.165) is 0 Å². The van der Waals surface area contributed by atoms with E-state index in [4.69, 9.17) is 22.1 Å². The van der Waals surface area contributed by atoms with Gasteiger partial charge in [-0.1, -0.05) is 18.5 Å². The van der Waals surface area contributed by atoms with E-state index in [1.807, 2.05) is 13.8 Å². The smallest absolute Gasteiger partial charge is 0.129 e. The lowest BCUT2D eigenvalue weighted by Gasteiger charge is -2.26. The van der Waals surface area contributed by atoms with E-state index in [2.05, 4.69) is 22.9 Å². The summed E-state index contributed by atoms with van der Waals surface area (Å²) in [6.07, 6.45) is 0.154. The van der Waals surface area contributed by atoms with Crippen LogP contribution in [0.5, 0.6) is 0 Å². The van der Waals surface area contributed by atoms with Gasteiger partial charge in [0.25, 0.3) is 0 Å². The summed E-state index contributed by atoms with van der Waals surface area (Å²) in [6, 6.07) is 2.56. The van der Waals surface area contributed by atoms with Gasteiger partial charge in [0, 0.05) is 22.0 Å². The Hall–Kier alpha value is -0.160. The molecule has 1 aromatic rings. The summed E-state index contributed by atoms with van der Waals surface area (Å²) in [4.78, 5) is 0. The van der Waals surface area contributed by atoms with Gasteiger partial charge in [0.2, 0.25) is 0 Å². The van der Waals surface area contributed by atoms with E-state index < -0.39 is 6.04 Å². The van der Waals surface area contributed by atoms with Crippen LogP contribution in [0, 0.1) is 17.7 Å². The topological polar surface area (TPSA) is 35.2 Å². The number of benzene rings is 1. The number of rotatable bonds is 2. The molecule has 1 fully saturated rings. The maximum absolute atomic E-state index is 14.1. The first-order valence-electron chi connectivity index (χ1n) is 6.38. The maximum atomic E-state index is 14.1. The largest absolute Gasteiger partial charge is 0.375 e. The third-order valence-electron chi connectivity index (χ3n) is 4.13. The van der Waals surface area contributed by atoms with Gasteiger partial charge in [0.1, 0.15) is 5.82 Å². The molecule has 0 radical (unpaired) electrons. The van der Waals surface area contributed by atoms with Gasteiger partial charge in [-0.05, 0) is 47.8 Å². The Kier molecular flexibility index (Phi) is 4.56. The summed E-state index contributed by atoms with van der Waals surface area (Å²) in [5.41, 5.74) is 6.72. The van der Waals surface area contributed by atoms with E-state index in [1.165, 1.54) is 6.07 Å². The van der Waals surface area contributed by atoms with Crippen LogP contribution in [-0.4, -0.2) is 12.2 Å². The van der Waals surface area contributed by atoms with Gasteiger partial charge in [-0.15, -0.1) is 0 Å². The molecule has 0 aromatic heterocycles. The summed E-state index contributed by atoms with van der Waals surface area (Å²) in [7, 11) is 0. The molecule has 0 spiro atoms. The van der Waals surface area contributed by atoms with Gasteiger partial charge in [-0.25, -0.2) is 4.39 Å². The molecule has 106 valence electrons. The molecule has 19 heavy (non-hydrogen) atoms. The minimum atomic E-state index is -0.416. The second kappa shape index (κ2) is 5.68. The highest BCUT2D eigenvalue weighted by molar-refractivity contribution is 9.10. The van der Waals surface area contributed by atoms with Crippen molar-refractivity contribution in [1.82, 2.24) is 0 Å². The van der Waals surface area contributed by atoms with Crippen LogP contribution in [0.1, 0.15) is 32.4 Å². The van der Waals surface area contributed by atoms with Gasteiger partial charge in [0.05, 0.1) is 17.2 Å². The van der Waals surface area contributed by atoms with Gasteiger partial charge in [0.15, 0.2) is 0 Å². The number of halogens is 3. The lowest BCUT2D eigenvalue weighted by Crippen LogP contribution is -2.31. The Labute approximate surface area is 126 Å². The highest BCUT2D eigenvalue weighted by atomic mass is 79.9. The Morgan fingerprint density at radius 1 is 1.32 bits per heavy atom. The second-order valence-electron chi connectivity index (χ2n) is 5.30. The molecule has 2 nitrogen and oxygen atoms in total. The summed E-state index contributed by atoms with van der Waals surface area (Å²) in [5, 5.41) is 0.471. The van der Waals surface area contributed by atoms with Crippen molar-refractivity contribution in [3.63, 3.8) is 0 Å². The first-order valence-corrected chi connectivity index (χ1v) is 7.55. The van der Waals surface area contributed by atoms with E-state index in [-0.39, 0.29) is 29.9 Å². The highest BCUT2D eigenvalue weighted by Crippen LogP contribution is 2.41. The summed E-state index contributed by atoms with van der Waals surface area (Å²) in [5.74, 6) is 0.0382. The van der Waals surface area contributed by atoms with Crippen LogP contribution in [0.4, 0.5) is 4.39 Å². The fraction of sp³-hybridized carbons (Fsp3) is 0.571. The SMILES string of the molecule is CC1OC(C)C(C(N)c2cc(Cl)c(Br)cc2F)C1C. The summed E-state index contributed by atoms with van der Waals surface area (Å²) >= 11 is 9.25. The maximum Gasteiger partial charge on any atom is 0.129 e. The predicted molar refractivity (Wildman–Crippen MR) is 78.7 cm³/mol. The zero-order valence-corrected chi connectivity index (χ0v) is 13.5. The molecule has 0 bridgehead atoms. The molecule has 0 aliphatic carbocycles. The number of hydrogen-bond donors (Lipinski definition) is 1. The monoisotopic (exact) mass is 349 g/mol. The molecule has 1 aromatic carbocycles. The first kappa shape index (κ1) is 15.2. The number of hydrogen-bond acceptors (Lipinski definition) is 2. The van der Waals surface area contributed by atoms with Crippen molar-refractivity contribution in [3.05, 3.63) is 33.0 Å². The van der Waals surface area contributed by atoms with E-state index in [1.54, 1.807) is 6.07 Å². The molecule has 1 aliphatic heterocycles. The molecule has 0 saturated carbocycles. The highest BCUT2D eigenvalue weighted by Gasteiger charge is 2.41. The lowest BCUT2D eigenvalue weighted by atomic mass is 9.81. The van der Waals surface area contributed by atoms with Crippen LogP contribution in [-0.2, 0) is 4.74 Å². The van der Waals surface area contributed by atoms with Crippen LogP contribution in [0.3, 0.4) is 0 Å². The van der Waals surface area contributed by atoms with Gasteiger partial charge in [-0.3, -0.25) is 0 Å². The third kappa shape index (κ3) is 2.82. The van der Waals surface area contributed by atoms with Crippen molar-refractivity contribution in [2.24, 2.45) is 17.6 Å². The molecule has 1 aliphatic rings. The molecule has 5 unspecified atom stereocenters. The second-order valence-corrected chi connectivity index (χ2v) is 6.56. The van der Waals surface area contributed by atoms with Gasteiger partial charge < -0.3 is 10.5 Å². The summed E-state index contributed by atoms with van der Waals surface area (Å²) < 4.78 is 20.4. The fourth-order valence-electron chi connectivity index (χ4n) is 2.91. The Bertz CT molecular complexity index is 485. The normalized spacial score (nSPS) is 32.6. The van der Waals surface area contributed by atoms with E-state index in [9.17, 15) is 4.39 Å². The van der Waals surface area contributed by atoms with Crippen LogP contribution in [0.2, 0.25) is 5.02 Å². The van der Waals surface area contributed by atoms with Gasteiger partial charge in [-0.2, -0.15) is 0 Å². The molecule has 1 saturated heterocycles. The van der Waals surface area contributed by atoms with Crippen molar-refractivity contribution >= 4 is 27.5 Å². The van der Waals surface area contributed by atoms with Crippen LogP contribution < -0.4 is 5.73 Å². The standard InChI is InChI=1S/C14H18BrClFNO/c1-6-7(2)19-8(3)13(6)14(18)9-4-11(16)10(15)5-12(9)17/h4-8,13-14H,18H2,1-3H3. The average molecular weight is 351 g/mol. The van der Waals surface area contributed by atoms with Crippen molar-refractivity contribution in [2.45, 2.75) is 39.0 Å². The molecule has 2 N–H and O–H groups in total. The minimum absolute atomic E-state index is 0.0156. The quantitative estimate of drug-likeness (QED) is 0.807. The first-order chi connectivity index (χ1) is 8.82. The zero-order chi connectivity index (χ0) is 14.3. The molecule has 2 rings (SSSR count). The minimum Gasteiger partial charge on any atom is -0.375 e. The van der Waals surface area contributed by atoms with Crippen molar-refractivity contribution in [2.75, 3.05) is 0 Å². The van der Waals surface area contributed by atoms with E-state index >= 15 is 0 Å². The molecule has 5 atom stereocenters. The number of nitrogens with two attached hydrogens (primary N) is 1. The van der Waals surface area contributed by atoms with Crippen LogP contribution in [0.25, 0.3) is 0 Å². The Morgan fingerprint density at radius 2 is 1.95 bits per heavy atom. The average Bonchev–Trinajstić information content (AvgIpc) is 2.57. The third-order valence-corrected chi connectivity index (χ3v) is 5.33. The van der Waals surface area contributed by atoms with Crippen LogP contribution in [0.15, 0.2) is 16.6 Å². The van der Waals surface area contributed by atoms with Crippen LogP contribution >= 0.6 is 27.5 Å². The van der Waals surface area contributed by atoms with Crippen molar-refractivity contribution in [3.8, 4) is 0 Å². The zero-order valence-electron chi connectivity index (χ0n) is 11.2. The molecular weight excluding hydrogens is 333 g/mol. The van der Waals surface area contributed by atoms with E-state index in [0.29, 0.717) is 15.1 Å². The molecule has 0 amide bonds. The summed E-state index contributed by atoms with van der Waals surface area (Å²) in [6.45, 7) is 6.11. The van der Waals surface area contributed by atoms with Crippen molar-refractivity contribution < 1.29 is 9.13 Å².